The number of nitrogens with one attached hydrogen (secondary N) is 1. The van der Waals surface area contributed by atoms with E-state index < -0.39 is 0 Å². The second-order valence-corrected chi connectivity index (χ2v) is 6.47. The van der Waals surface area contributed by atoms with E-state index in [1.165, 1.54) is 24.8 Å². The van der Waals surface area contributed by atoms with Gasteiger partial charge in [0.1, 0.15) is 0 Å². The SMILES string of the molecule is O=C(Cc1ccc(C2CCC2)cc1)Nc1cnn(-c2ccncc2)c1. The molecule has 1 aliphatic carbocycles. The van der Waals surface area contributed by atoms with Crippen LogP contribution in [0.25, 0.3) is 5.69 Å². The Kier molecular flexibility index (Phi) is 4.29. The van der Waals surface area contributed by atoms with E-state index in [1.807, 2.05) is 12.1 Å². The van der Waals surface area contributed by atoms with Gasteiger partial charge in [-0.3, -0.25) is 9.78 Å². The van der Waals surface area contributed by atoms with Gasteiger partial charge in [0.2, 0.25) is 5.91 Å². The lowest BCUT2D eigenvalue weighted by Gasteiger charge is -2.25. The first-order valence-corrected chi connectivity index (χ1v) is 8.62. The number of carbonyl (C=O) groups is 1. The van der Waals surface area contributed by atoms with Crippen molar-refractivity contribution in [3.05, 3.63) is 72.3 Å². The van der Waals surface area contributed by atoms with E-state index >= 15 is 0 Å². The predicted octanol–water partition coefficient (Wildman–Crippen LogP) is 3.72. The van der Waals surface area contributed by atoms with Gasteiger partial charge in [0.25, 0.3) is 0 Å². The standard InChI is InChI=1S/C20H20N4O/c25-20(12-15-4-6-17(7-5-15)16-2-1-3-16)23-18-13-22-24(14-18)19-8-10-21-11-9-19/h4-11,13-14,16H,1-3,12H2,(H,23,25). The van der Waals surface area contributed by atoms with E-state index in [0.29, 0.717) is 12.1 Å². The molecule has 126 valence electrons. The molecule has 0 unspecified atom stereocenters. The topological polar surface area (TPSA) is 59.8 Å². The first kappa shape index (κ1) is 15.6. The fourth-order valence-corrected chi connectivity index (χ4v) is 3.07. The van der Waals surface area contributed by atoms with Crippen LogP contribution in [0.1, 0.15) is 36.3 Å². The summed E-state index contributed by atoms with van der Waals surface area (Å²) < 4.78 is 1.71. The lowest BCUT2D eigenvalue weighted by Crippen LogP contribution is -2.14. The highest BCUT2D eigenvalue weighted by atomic mass is 16.1. The zero-order chi connectivity index (χ0) is 17.1. The van der Waals surface area contributed by atoms with Crippen LogP contribution in [-0.4, -0.2) is 20.7 Å². The van der Waals surface area contributed by atoms with Gasteiger partial charge in [-0.1, -0.05) is 30.7 Å². The van der Waals surface area contributed by atoms with Gasteiger partial charge in [-0.2, -0.15) is 5.10 Å². The molecule has 0 saturated heterocycles. The Morgan fingerprint density at radius 1 is 1.12 bits per heavy atom. The molecule has 0 aliphatic heterocycles. The van der Waals surface area contributed by atoms with Crippen LogP contribution in [0.3, 0.4) is 0 Å². The molecule has 1 saturated carbocycles. The van der Waals surface area contributed by atoms with Gasteiger partial charge in [0.15, 0.2) is 0 Å². The highest BCUT2D eigenvalue weighted by molar-refractivity contribution is 5.92. The number of nitrogens with zero attached hydrogens (tertiary/aromatic N) is 3. The van der Waals surface area contributed by atoms with Crippen molar-refractivity contribution in [1.82, 2.24) is 14.8 Å². The van der Waals surface area contributed by atoms with Crippen LogP contribution in [0, 0.1) is 0 Å². The van der Waals surface area contributed by atoms with E-state index in [2.05, 4.69) is 39.7 Å². The van der Waals surface area contributed by atoms with E-state index in [1.54, 1.807) is 29.5 Å². The van der Waals surface area contributed by atoms with Crippen molar-refractivity contribution in [2.75, 3.05) is 5.32 Å². The Labute approximate surface area is 146 Å². The molecule has 4 rings (SSSR count). The molecule has 0 atom stereocenters. The second-order valence-electron chi connectivity index (χ2n) is 6.47. The third-order valence-electron chi connectivity index (χ3n) is 4.71. The Morgan fingerprint density at radius 2 is 1.88 bits per heavy atom. The maximum atomic E-state index is 12.3. The quantitative estimate of drug-likeness (QED) is 0.775. The van der Waals surface area contributed by atoms with E-state index in [4.69, 9.17) is 0 Å². The Morgan fingerprint density at radius 3 is 2.56 bits per heavy atom. The summed E-state index contributed by atoms with van der Waals surface area (Å²) in [7, 11) is 0. The number of rotatable bonds is 5. The molecular formula is C20H20N4O. The van der Waals surface area contributed by atoms with Crippen LogP contribution in [-0.2, 0) is 11.2 Å². The van der Waals surface area contributed by atoms with Gasteiger partial charge < -0.3 is 5.32 Å². The van der Waals surface area contributed by atoms with Crippen molar-refractivity contribution < 1.29 is 4.79 Å². The minimum absolute atomic E-state index is 0.0364. The molecule has 5 heteroatoms. The molecule has 0 spiro atoms. The number of hydrogen-bond donors (Lipinski definition) is 1. The minimum Gasteiger partial charge on any atom is -0.323 e. The molecular weight excluding hydrogens is 312 g/mol. The van der Waals surface area contributed by atoms with Gasteiger partial charge in [-0.15, -0.1) is 0 Å². The van der Waals surface area contributed by atoms with E-state index in [0.717, 1.165) is 17.2 Å². The Hall–Kier alpha value is -2.95. The second kappa shape index (κ2) is 6.89. The maximum Gasteiger partial charge on any atom is 0.228 e. The smallest absolute Gasteiger partial charge is 0.228 e. The summed E-state index contributed by atoms with van der Waals surface area (Å²) in [6, 6.07) is 12.2. The summed E-state index contributed by atoms with van der Waals surface area (Å²) in [5.41, 5.74) is 4.02. The summed E-state index contributed by atoms with van der Waals surface area (Å²) in [5.74, 6) is 0.688. The summed E-state index contributed by atoms with van der Waals surface area (Å²) in [4.78, 5) is 16.2. The fourth-order valence-electron chi connectivity index (χ4n) is 3.07. The average molecular weight is 332 g/mol. The number of pyridine rings is 1. The minimum atomic E-state index is -0.0364. The fraction of sp³-hybridized carbons (Fsp3) is 0.250. The van der Waals surface area contributed by atoms with E-state index in [-0.39, 0.29) is 5.91 Å². The third-order valence-corrected chi connectivity index (χ3v) is 4.71. The highest BCUT2D eigenvalue weighted by Gasteiger charge is 2.19. The number of aromatic nitrogens is 3. The first-order valence-electron chi connectivity index (χ1n) is 8.62. The van der Waals surface area contributed by atoms with E-state index in [9.17, 15) is 4.79 Å². The van der Waals surface area contributed by atoms with Crippen LogP contribution >= 0.6 is 0 Å². The summed E-state index contributed by atoms with van der Waals surface area (Å²) in [5, 5.41) is 7.17. The molecule has 0 radical (unpaired) electrons. The van der Waals surface area contributed by atoms with Crippen molar-refractivity contribution in [3.8, 4) is 5.69 Å². The third kappa shape index (κ3) is 3.60. The van der Waals surface area contributed by atoms with Crippen LogP contribution in [0.15, 0.2) is 61.2 Å². The van der Waals surface area contributed by atoms with Crippen LogP contribution in [0.2, 0.25) is 0 Å². The lowest BCUT2D eigenvalue weighted by atomic mass is 9.80. The lowest BCUT2D eigenvalue weighted by molar-refractivity contribution is -0.115. The molecule has 1 aliphatic rings. The van der Waals surface area contributed by atoms with Gasteiger partial charge >= 0.3 is 0 Å². The summed E-state index contributed by atoms with van der Waals surface area (Å²) in [6.07, 6.45) is 11.2. The largest absolute Gasteiger partial charge is 0.323 e. The molecule has 1 aromatic carbocycles. The molecule has 1 amide bonds. The van der Waals surface area contributed by atoms with Crippen molar-refractivity contribution in [2.24, 2.45) is 0 Å². The Bertz CT molecular complexity index is 851. The predicted molar refractivity (Wildman–Crippen MR) is 96.7 cm³/mol. The summed E-state index contributed by atoms with van der Waals surface area (Å²) >= 11 is 0. The molecule has 2 aromatic heterocycles. The Balaban J connectivity index is 1.36. The number of hydrogen-bond acceptors (Lipinski definition) is 3. The normalized spacial score (nSPS) is 14.1. The van der Waals surface area contributed by atoms with Crippen molar-refractivity contribution in [1.29, 1.82) is 0 Å². The number of amides is 1. The van der Waals surface area contributed by atoms with Gasteiger partial charge in [0.05, 0.1) is 30.2 Å². The van der Waals surface area contributed by atoms with Gasteiger partial charge in [-0.25, -0.2) is 4.68 Å². The van der Waals surface area contributed by atoms with Crippen LogP contribution < -0.4 is 5.32 Å². The molecule has 1 fully saturated rings. The molecule has 0 bridgehead atoms. The van der Waals surface area contributed by atoms with Crippen molar-refractivity contribution >= 4 is 11.6 Å². The van der Waals surface area contributed by atoms with Crippen LogP contribution in [0.5, 0.6) is 0 Å². The highest BCUT2D eigenvalue weighted by Crippen LogP contribution is 2.36. The number of anilines is 1. The molecule has 3 aromatic rings. The number of carbonyl (C=O) groups excluding carboxylic acids is 1. The first-order chi connectivity index (χ1) is 12.3. The average Bonchev–Trinajstić information content (AvgIpc) is 3.04. The van der Waals surface area contributed by atoms with Crippen LogP contribution in [0.4, 0.5) is 5.69 Å². The zero-order valence-electron chi connectivity index (χ0n) is 13.9. The monoisotopic (exact) mass is 332 g/mol. The zero-order valence-corrected chi connectivity index (χ0v) is 13.9. The maximum absolute atomic E-state index is 12.3. The van der Waals surface area contributed by atoms with Gasteiger partial charge in [-0.05, 0) is 42.0 Å². The molecule has 5 nitrogen and oxygen atoms in total. The summed E-state index contributed by atoms with van der Waals surface area (Å²) in [6.45, 7) is 0. The number of benzene rings is 1. The molecule has 2 heterocycles. The van der Waals surface area contributed by atoms with Crippen molar-refractivity contribution in [2.45, 2.75) is 31.6 Å². The molecule has 1 N–H and O–H groups in total. The van der Waals surface area contributed by atoms with Gasteiger partial charge in [0, 0.05) is 12.4 Å². The molecule has 25 heavy (non-hydrogen) atoms. The van der Waals surface area contributed by atoms with Crippen molar-refractivity contribution in [3.63, 3.8) is 0 Å².